The second-order valence-corrected chi connectivity index (χ2v) is 6.52. The third kappa shape index (κ3) is 5.69. The van der Waals surface area contributed by atoms with Crippen molar-refractivity contribution < 1.29 is 22.8 Å². The first-order valence-corrected chi connectivity index (χ1v) is 9.23. The average molecular weight is 385 g/mol. The predicted octanol–water partition coefficient (Wildman–Crippen LogP) is 2.72. The third-order valence-electron chi connectivity index (χ3n) is 4.92. The van der Waals surface area contributed by atoms with Crippen molar-refractivity contribution in [1.29, 1.82) is 0 Å². The molecule has 2 amide bonds. The summed E-state index contributed by atoms with van der Waals surface area (Å²) in [6.45, 7) is 8.30. The number of rotatable bonds is 6. The molecule has 0 radical (unpaired) electrons. The second-order valence-electron chi connectivity index (χ2n) is 6.52. The van der Waals surface area contributed by atoms with Gasteiger partial charge in [0.15, 0.2) is 0 Å². The Hall–Kier alpha value is -2.09. The van der Waals surface area contributed by atoms with E-state index in [1.807, 2.05) is 0 Å². The fourth-order valence-corrected chi connectivity index (χ4v) is 3.10. The highest BCUT2D eigenvalue weighted by Gasteiger charge is 2.31. The van der Waals surface area contributed by atoms with Gasteiger partial charge < -0.3 is 14.7 Å². The van der Waals surface area contributed by atoms with Crippen molar-refractivity contribution in [2.45, 2.75) is 26.4 Å². The monoisotopic (exact) mass is 385 g/mol. The number of alkyl halides is 3. The SMILES string of the molecule is CCN(CC)CCC(=O)N1CCN(C(=O)c2ccc(C(F)(F)F)cc2)CC1. The number of benzene rings is 1. The first kappa shape index (κ1) is 21.2. The van der Waals surface area contributed by atoms with E-state index in [1.54, 1.807) is 9.80 Å². The molecular weight excluding hydrogens is 359 g/mol. The Bertz CT molecular complexity index is 635. The maximum absolute atomic E-state index is 12.6. The van der Waals surface area contributed by atoms with Crippen LogP contribution in [0.25, 0.3) is 0 Å². The van der Waals surface area contributed by atoms with E-state index in [1.165, 1.54) is 12.1 Å². The number of carbonyl (C=O) groups excluding carboxylic acids is 2. The molecule has 0 aromatic heterocycles. The lowest BCUT2D eigenvalue weighted by molar-refractivity contribution is -0.137. The molecule has 5 nitrogen and oxygen atoms in total. The Labute approximate surface area is 157 Å². The molecule has 1 aliphatic heterocycles. The molecule has 1 heterocycles. The number of hydrogen-bond acceptors (Lipinski definition) is 3. The molecule has 1 aliphatic rings. The molecule has 0 aliphatic carbocycles. The molecule has 0 atom stereocenters. The number of hydrogen-bond donors (Lipinski definition) is 0. The van der Waals surface area contributed by atoms with E-state index in [0.717, 1.165) is 31.8 Å². The van der Waals surface area contributed by atoms with Gasteiger partial charge in [-0.2, -0.15) is 13.2 Å². The first-order chi connectivity index (χ1) is 12.8. The number of piperazine rings is 1. The summed E-state index contributed by atoms with van der Waals surface area (Å²) in [7, 11) is 0. The summed E-state index contributed by atoms with van der Waals surface area (Å²) < 4.78 is 37.8. The number of nitrogens with zero attached hydrogens (tertiary/aromatic N) is 3. The van der Waals surface area contributed by atoms with Crippen LogP contribution >= 0.6 is 0 Å². The highest BCUT2D eigenvalue weighted by molar-refractivity contribution is 5.94. The molecular formula is C19H26F3N3O2. The summed E-state index contributed by atoms with van der Waals surface area (Å²) in [5.74, 6) is -0.234. The standard InChI is InChI=1S/C19H26F3N3O2/c1-3-23(4-2)10-9-17(26)24-11-13-25(14-12-24)18(27)15-5-7-16(8-6-15)19(20,21)22/h5-8H,3-4,9-14H2,1-2H3. The van der Waals surface area contributed by atoms with Gasteiger partial charge in [0, 0.05) is 44.7 Å². The van der Waals surface area contributed by atoms with Gasteiger partial charge in [0.2, 0.25) is 5.91 Å². The predicted molar refractivity (Wildman–Crippen MR) is 96.3 cm³/mol. The van der Waals surface area contributed by atoms with Crippen molar-refractivity contribution in [3.63, 3.8) is 0 Å². The van der Waals surface area contributed by atoms with Gasteiger partial charge in [-0.3, -0.25) is 9.59 Å². The van der Waals surface area contributed by atoms with Crippen LogP contribution in [-0.4, -0.2) is 72.3 Å². The van der Waals surface area contributed by atoms with Gasteiger partial charge in [-0.15, -0.1) is 0 Å². The summed E-state index contributed by atoms with van der Waals surface area (Å²) in [6, 6.07) is 4.24. The van der Waals surface area contributed by atoms with Crippen molar-refractivity contribution in [2.75, 3.05) is 45.8 Å². The number of carbonyl (C=O) groups is 2. The van der Waals surface area contributed by atoms with Crippen LogP contribution in [0.4, 0.5) is 13.2 Å². The smallest absolute Gasteiger partial charge is 0.339 e. The highest BCUT2D eigenvalue weighted by Crippen LogP contribution is 2.29. The summed E-state index contributed by atoms with van der Waals surface area (Å²) in [5, 5.41) is 0. The highest BCUT2D eigenvalue weighted by atomic mass is 19.4. The largest absolute Gasteiger partial charge is 0.416 e. The van der Waals surface area contributed by atoms with Gasteiger partial charge in [0.25, 0.3) is 5.91 Å². The number of amides is 2. The van der Waals surface area contributed by atoms with E-state index < -0.39 is 11.7 Å². The quantitative estimate of drug-likeness (QED) is 0.756. The van der Waals surface area contributed by atoms with Crippen LogP contribution in [0.15, 0.2) is 24.3 Å². The summed E-state index contributed by atoms with van der Waals surface area (Å²) >= 11 is 0. The molecule has 0 bridgehead atoms. The lowest BCUT2D eigenvalue weighted by Gasteiger charge is -2.35. The van der Waals surface area contributed by atoms with Crippen molar-refractivity contribution in [3.8, 4) is 0 Å². The summed E-state index contributed by atoms with van der Waals surface area (Å²) in [5.41, 5.74) is -0.549. The van der Waals surface area contributed by atoms with E-state index >= 15 is 0 Å². The van der Waals surface area contributed by atoms with Crippen molar-refractivity contribution in [2.24, 2.45) is 0 Å². The first-order valence-electron chi connectivity index (χ1n) is 9.23. The minimum atomic E-state index is -4.42. The molecule has 27 heavy (non-hydrogen) atoms. The lowest BCUT2D eigenvalue weighted by atomic mass is 10.1. The summed E-state index contributed by atoms with van der Waals surface area (Å²) in [6.07, 6.45) is -3.97. The Morgan fingerprint density at radius 3 is 1.96 bits per heavy atom. The van der Waals surface area contributed by atoms with Gasteiger partial charge >= 0.3 is 6.18 Å². The van der Waals surface area contributed by atoms with Crippen LogP contribution in [0.3, 0.4) is 0 Å². The average Bonchev–Trinajstić information content (AvgIpc) is 2.67. The fraction of sp³-hybridized carbons (Fsp3) is 0.579. The molecule has 150 valence electrons. The molecule has 1 saturated heterocycles. The maximum Gasteiger partial charge on any atom is 0.416 e. The van der Waals surface area contributed by atoms with E-state index in [-0.39, 0.29) is 17.4 Å². The van der Waals surface area contributed by atoms with Crippen molar-refractivity contribution >= 4 is 11.8 Å². The Kier molecular flexibility index (Phi) is 7.24. The van der Waals surface area contributed by atoms with Crippen LogP contribution in [0.2, 0.25) is 0 Å². The molecule has 0 N–H and O–H groups in total. The third-order valence-corrected chi connectivity index (χ3v) is 4.92. The molecule has 1 fully saturated rings. The van der Waals surface area contributed by atoms with Gasteiger partial charge in [-0.1, -0.05) is 13.8 Å². The van der Waals surface area contributed by atoms with E-state index in [9.17, 15) is 22.8 Å². The van der Waals surface area contributed by atoms with Gasteiger partial charge in [-0.05, 0) is 37.4 Å². The summed E-state index contributed by atoms with van der Waals surface area (Å²) in [4.78, 5) is 30.3. The fourth-order valence-electron chi connectivity index (χ4n) is 3.10. The maximum atomic E-state index is 12.6. The topological polar surface area (TPSA) is 43.9 Å². The van der Waals surface area contributed by atoms with Crippen LogP contribution in [-0.2, 0) is 11.0 Å². The van der Waals surface area contributed by atoms with Crippen molar-refractivity contribution in [3.05, 3.63) is 35.4 Å². The molecule has 0 saturated carbocycles. The zero-order chi connectivity index (χ0) is 20.0. The zero-order valence-electron chi connectivity index (χ0n) is 15.8. The molecule has 1 aromatic rings. The number of halogens is 3. The van der Waals surface area contributed by atoms with Crippen LogP contribution in [0.5, 0.6) is 0 Å². The van der Waals surface area contributed by atoms with E-state index in [2.05, 4.69) is 18.7 Å². The minimum Gasteiger partial charge on any atom is -0.339 e. The molecule has 0 spiro atoms. The zero-order valence-corrected chi connectivity index (χ0v) is 15.8. The second kappa shape index (κ2) is 9.21. The molecule has 8 heteroatoms. The lowest BCUT2D eigenvalue weighted by Crippen LogP contribution is -2.51. The van der Waals surface area contributed by atoms with Gasteiger partial charge in [0.05, 0.1) is 5.56 Å². The minimum absolute atomic E-state index is 0.0727. The van der Waals surface area contributed by atoms with Crippen LogP contribution < -0.4 is 0 Å². The Balaban J connectivity index is 1.86. The van der Waals surface area contributed by atoms with Crippen LogP contribution in [0, 0.1) is 0 Å². The van der Waals surface area contributed by atoms with Crippen molar-refractivity contribution in [1.82, 2.24) is 14.7 Å². The van der Waals surface area contributed by atoms with Gasteiger partial charge in [-0.25, -0.2) is 0 Å². The van der Waals surface area contributed by atoms with E-state index in [0.29, 0.717) is 32.6 Å². The molecule has 0 unspecified atom stereocenters. The Morgan fingerprint density at radius 2 is 1.48 bits per heavy atom. The Morgan fingerprint density at radius 1 is 0.963 bits per heavy atom. The normalized spacial score (nSPS) is 15.3. The molecule has 2 rings (SSSR count). The van der Waals surface area contributed by atoms with E-state index in [4.69, 9.17) is 0 Å². The van der Waals surface area contributed by atoms with Gasteiger partial charge in [0.1, 0.15) is 0 Å². The van der Waals surface area contributed by atoms with Crippen LogP contribution in [0.1, 0.15) is 36.2 Å². The molecule has 1 aromatic carbocycles.